The van der Waals surface area contributed by atoms with E-state index >= 15 is 0 Å². The molecule has 0 radical (unpaired) electrons. The van der Waals surface area contributed by atoms with E-state index in [0.717, 1.165) is 40.2 Å². The summed E-state index contributed by atoms with van der Waals surface area (Å²) in [7, 11) is 0. The van der Waals surface area contributed by atoms with Gasteiger partial charge in [0.25, 0.3) is 0 Å². The van der Waals surface area contributed by atoms with E-state index < -0.39 is 0 Å². The lowest BCUT2D eigenvalue weighted by Gasteiger charge is -2.06. The highest BCUT2D eigenvalue weighted by molar-refractivity contribution is 5.98. The highest BCUT2D eigenvalue weighted by Crippen LogP contribution is 2.32. The summed E-state index contributed by atoms with van der Waals surface area (Å²) in [5, 5.41) is 5.47. The van der Waals surface area contributed by atoms with Crippen LogP contribution in [0.2, 0.25) is 0 Å². The fraction of sp³-hybridized carbons (Fsp3) is 0.150. The fourth-order valence-corrected chi connectivity index (χ4v) is 2.93. The normalized spacial score (nSPS) is 11.0. The van der Waals surface area contributed by atoms with Crippen molar-refractivity contribution < 1.29 is 4.74 Å². The third-order valence-electron chi connectivity index (χ3n) is 4.24. The summed E-state index contributed by atoms with van der Waals surface area (Å²) in [5.41, 5.74) is 14.1. The SMILES string of the molecule is NCCCn1nc(-c2ccc(Oc3ccccc3)cc2)c2c(N)ncnc21. The molecule has 0 saturated heterocycles. The van der Waals surface area contributed by atoms with Crippen molar-refractivity contribution in [3.05, 3.63) is 60.9 Å². The van der Waals surface area contributed by atoms with Gasteiger partial charge in [-0.2, -0.15) is 5.10 Å². The molecule has 0 aliphatic rings. The van der Waals surface area contributed by atoms with Crippen molar-refractivity contribution in [3.8, 4) is 22.8 Å². The van der Waals surface area contributed by atoms with E-state index in [-0.39, 0.29) is 0 Å². The van der Waals surface area contributed by atoms with E-state index in [4.69, 9.17) is 21.3 Å². The van der Waals surface area contributed by atoms with E-state index in [1.807, 2.05) is 59.3 Å². The van der Waals surface area contributed by atoms with Gasteiger partial charge in [-0.3, -0.25) is 0 Å². The first-order chi connectivity index (χ1) is 13.3. The molecule has 0 aliphatic carbocycles. The molecule has 0 bridgehead atoms. The lowest BCUT2D eigenvalue weighted by Crippen LogP contribution is -2.07. The fourth-order valence-electron chi connectivity index (χ4n) is 2.93. The molecule has 136 valence electrons. The monoisotopic (exact) mass is 360 g/mol. The molecule has 2 aromatic carbocycles. The zero-order valence-electron chi connectivity index (χ0n) is 14.7. The minimum atomic E-state index is 0.415. The highest BCUT2D eigenvalue weighted by atomic mass is 16.5. The lowest BCUT2D eigenvalue weighted by atomic mass is 10.1. The number of nitrogens with two attached hydrogens (primary N) is 2. The standard InChI is InChI=1S/C20H20N6O/c21-11-4-12-26-20-17(19(22)23-13-24-20)18(25-26)14-7-9-16(10-8-14)27-15-5-2-1-3-6-15/h1-3,5-10,13H,4,11-12,21H2,(H2,22,23,24). The van der Waals surface area contributed by atoms with Crippen LogP contribution in [-0.4, -0.2) is 26.3 Å². The van der Waals surface area contributed by atoms with Gasteiger partial charge in [0.05, 0.1) is 5.39 Å². The van der Waals surface area contributed by atoms with Gasteiger partial charge < -0.3 is 16.2 Å². The van der Waals surface area contributed by atoms with Crippen molar-refractivity contribution in [2.75, 3.05) is 12.3 Å². The van der Waals surface area contributed by atoms with Crippen LogP contribution in [0.15, 0.2) is 60.9 Å². The summed E-state index contributed by atoms with van der Waals surface area (Å²) in [6, 6.07) is 17.4. The van der Waals surface area contributed by atoms with Crippen molar-refractivity contribution in [2.24, 2.45) is 5.73 Å². The second kappa shape index (κ2) is 7.43. The number of aryl methyl sites for hydroxylation is 1. The van der Waals surface area contributed by atoms with Crippen LogP contribution in [0, 0.1) is 0 Å². The van der Waals surface area contributed by atoms with Crippen LogP contribution in [0.5, 0.6) is 11.5 Å². The number of benzene rings is 2. The van der Waals surface area contributed by atoms with Crippen molar-refractivity contribution >= 4 is 16.9 Å². The quantitative estimate of drug-likeness (QED) is 0.547. The Morgan fingerprint density at radius 3 is 2.41 bits per heavy atom. The molecular weight excluding hydrogens is 340 g/mol. The van der Waals surface area contributed by atoms with Gasteiger partial charge in [-0.05, 0) is 49.4 Å². The Morgan fingerprint density at radius 2 is 1.67 bits per heavy atom. The molecule has 2 heterocycles. The molecular formula is C20H20N6O. The van der Waals surface area contributed by atoms with E-state index in [1.54, 1.807) is 0 Å². The largest absolute Gasteiger partial charge is 0.457 e. The molecule has 27 heavy (non-hydrogen) atoms. The number of nitrogen functional groups attached to an aromatic ring is 1. The molecule has 0 aliphatic heterocycles. The number of ether oxygens (including phenoxy) is 1. The number of nitrogens with zero attached hydrogens (tertiary/aromatic N) is 4. The number of rotatable bonds is 6. The summed E-state index contributed by atoms with van der Waals surface area (Å²) in [5.74, 6) is 1.96. The van der Waals surface area contributed by atoms with Crippen LogP contribution in [0.25, 0.3) is 22.3 Å². The van der Waals surface area contributed by atoms with Crippen LogP contribution in [0.1, 0.15) is 6.42 Å². The first kappa shape index (κ1) is 17.0. The maximum atomic E-state index is 6.11. The van der Waals surface area contributed by atoms with E-state index in [2.05, 4.69) is 9.97 Å². The van der Waals surface area contributed by atoms with E-state index in [1.165, 1.54) is 6.33 Å². The number of para-hydroxylation sites is 1. The Labute approximate surface area is 156 Å². The molecule has 0 spiro atoms. The number of anilines is 1. The van der Waals surface area contributed by atoms with Crippen LogP contribution >= 0.6 is 0 Å². The van der Waals surface area contributed by atoms with Crippen molar-refractivity contribution in [2.45, 2.75) is 13.0 Å². The molecule has 7 heteroatoms. The molecule has 2 aromatic heterocycles. The van der Waals surface area contributed by atoms with Gasteiger partial charge in [0.2, 0.25) is 0 Å². The van der Waals surface area contributed by atoms with Crippen molar-refractivity contribution in [1.82, 2.24) is 19.7 Å². The van der Waals surface area contributed by atoms with Gasteiger partial charge in [-0.15, -0.1) is 0 Å². The molecule has 4 aromatic rings. The molecule has 0 unspecified atom stereocenters. The molecule has 4 N–H and O–H groups in total. The number of fused-ring (bicyclic) bond motifs is 1. The zero-order valence-corrected chi connectivity index (χ0v) is 14.7. The Morgan fingerprint density at radius 1 is 0.926 bits per heavy atom. The molecule has 7 nitrogen and oxygen atoms in total. The number of aromatic nitrogens is 4. The topological polar surface area (TPSA) is 105 Å². The van der Waals surface area contributed by atoms with Crippen molar-refractivity contribution in [1.29, 1.82) is 0 Å². The van der Waals surface area contributed by atoms with Crippen LogP contribution in [-0.2, 0) is 6.54 Å². The molecule has 0 saturated carbocycles. The molecule has 0 amide bonds. The third kappa shape index (κ3) is 3.45. The maximum Gasteiger partial charge on any atom is 0.163 e. The smallest absolute Gasteiger partial charge is 0.163 e. The van der Waals surface area contributed by atoms with Gasteiger partial charge in [0.1, 0.15) is 29.3 Å². The van der Waals surface area contributed by atoms with Gasteiger partial charge in [0.15, 0.2) is 5.65 Å². The Balaban J connectivity index is 1.69. The Hall–Kier alpha value is -3.45. The summed E-state index contributed by atoms with van der Waals surface area (Å²) >= 11 is 0. The predicted octanol–water partition coefficient (Wildman–Crippen LogP) is 3.22. The second-order valence-electron chi connectivity index (χ2n) is 6.11. The van der Waals surface area contributed by atoms with Gasteiger partial charge in [-0.25, -0.2) is 14.6 Å². The van der Waals surface area contributed by atoms with Crippen LogP contribution in [0.3, 0.4) is 0 Å². The van der Waals surface area contributed by atoms with E-state index in [0.29, 0.717) is 18.9 Å². The van der Waals surface area contributed by atoms with Crippen LogP contribution < -0.4 is 16.2 Å². The third-order valence-corrected chi connectivity index (χ3v) is 4.24. The maximum absolute atomic E-state index is 6.11. The minimum absolute atomic E-state index is 0.415. The summed E-state index contributed by atoms with van der Waals surface area (Å²) in [6.07, 6.45) is 2.27. The van der Waals surface area contributed by atoms with Gasteiger partial charge in [0, 0.05) is 12.1 Å². The Bertz CT molecular complexity index is 1040. The Kier molecular flexibility index (Phi) is 4.67. The first-order valence-corrected chi connectivity index (χ1v) is 8.76. The first-order valence-electron chi connectivity index (χ1n) is 8.76. The number of hydrogen-bond donors (Lipinski definition) is 2. The zero-order chi connectivity index (χ0) is 18.6. The summed E-state index contributed by atoms with van der Waals surface area (Å²) in [4.78, 5) is 8.48. The average molecular weight is 360 g/mol. The van der Waals surface area contributed by atoms with E-state index in [9.17, 15) is 0 Å². The highest BCUT2D eigenvalue weighted by Gasteiger charge is 2.16. The summed E-state index contributed by atoms with van der Waals surface area (Å²) < 4.78 is 7.69. The molecule has 4 rings (SSSR count). The summed E-state index contributed by atoms with van der Waals surface area (Å²) in [6.45, 7) is 1.27. The molecule has 0 atom stereocenters. The van der Waals surface area contributed by atoms with Crippen LogP contribution in [0.4, 0.5) is 5.82 Å². The van der Waals surface area contributed by atoms with Gasteiger partial charge in [-0.1, -0.05) is 18.2 Å². The van der Waals surface area contributed by atoms with Crippen molar-refractivity contribution in [3.63, 3.8) is 0 Å². The number of hydrogen-bond acceptors (Lipinski definition) is 6. The lowest BCUT2D eigenvalue weighted by molar-refractivity contribution is 0.483. The van der Waals surface area contributed by atoms with Gasteiger partial charge >= 0.3 is 0 Å². The molecule has 0 fully saturated rings. The average Bonchev–Trinajstić information content (AvgIpc) is 3.08. The predicted molar refractivity (Wildman–Crippen MR) is 105 cm³/mol. The second-order valence-corrected chi connectivity index (χ2v) is 6.11. The minimum Gasteiger partial charge on any atom is -0.457 e.